The number of nitrogens with zero attached hydrogens (tertiary/aromatic N) is 3. The van der Waals surface area contributed by atoms with Crippen molar-refractivity contribution in [1.29, 1.82) is 0 Å². The largest absolute Gasteiger partial charge is 0.494 e. The van der Waals surface area contributed by atoms with E-state index in [0.29, 0.717) is 12.6 Å². The van der Waals surface area contributed by atoms with Gasteiger partial charge in [-0.15, -0.1) is 5.10 Å². The zero-order valence-electron chi connectivity index (χ0n) is 14.9. The number of anilines is 3. The van der Waals surface area contributed by atoms with Crippen molar-refractivity contribution < 1.29 is 4.74 Å². The van der Waals surface area contributed by atoms with Crippen LogP contribution in [-0.2, 0) is 0 Å². The number of imidazole rings is 1. The van der Waals surface area contributed by atoms with E-state index in [1.807, 2.05) is 43.5 Å². The second-order valence-electron chi connectivity index (χ2n) is 6.41. The first-order chi connectivity index (χ1) is 12.8. The number of nitrogens with one attached hydrogen (secondary N) is 3. The minimum atomic E-state index is 0.399. The molecule has 0 saturated carbocycles. The summed E-state index contributed by atoms with van der Waals surface area (Å²) in [6.45, 7) is 4.70. The molecule has 1 atom stereocenters. The maximum absolute atomic E-state index is 5.50. The highest BCUT2D eigenvalue weighted by molar-refractivity contribution is 5.75. The molecule has 3 heterocycles. The summed E-state index contributed by atoms with van der Waals surface area (Å²) in [5, 5.41) is 15.0. The Hall–Kier alpha value is -2.80. The van der Waals surface area contributed by atoms with E-state index in [4.69, 9.17) is 4.74 Å². The summed E-state index contributed by atoms with van der Waals surface area (Å²) < 4.78 is 7.30. The predicted octanol–water partition coefficient (Wildman–Crippen LogP) is 3.04. The molecule has 1 unspecified atom stereocenters. The third-order valence-electron chi connectivity index (χ3n) is 4.45. The normalized spacial score (nSPS) is 17.2. The number of aromatic nitrogens is 3. The Balaban J connectivity index is 1.57. The first kappa shape index (κ1) is 16.7. The van der Waals surface area contributed by atoms with E-state index >= 15 is 0 Å². The van der Waals surface area contributed by atoms with Gasteiger partial charge in [-0.05, 0) is 50.6 Å². The lowest BCUT2D eigenvalue weighted by atomic mass is 10.1. The first-order valence-corrected chi connectivity index (χ1v) is 9.13. The lowest BCUT2D eigenvalue weighted by molar-refractivity contribution is 0.340. The molecule has 136 valence electrons. The highest BCUT2D eigenvalue weighted by atomic mass is 16.5. The predicted molar refractivity (Wildman–Crippen MR) is 103 cm³/mol. The number of ether oxygens (including phenoxy) is 1. The van der Waals surface area contributed by atoms with E-state index in [2.05, 4.69) is 26.0 Å². The van der Waals surface area contributed by atoms with Crippen LogP contribution < -0.4 is 20.7 Å². The van der Waals surface area contributed by atoms with E-state index in [0.717, 1.165) is 48.1 Å². The molecule has 3 aromatic rings. The number of hydrogen-bond acceptors (Lipinski definition) is 6. The van der Waals surface area contributed by atoms with Gasteiger partial charge in [0, 0.05) is 36.7 Å². The van der Waals surface area contributed by atoms with Crippen LogP contribution in [0, 0.1) is 0 Å². The minimum absolute atomic E-state index is 0.399. The fraction of sp³-hybridized carbons (Fsp3) is 0.368. The highest BCUT2D eigenvalue weighted by Crippen LogP contribution is 2.25. The summed E-state index contributed by atoms with van der Waals surface area (Å²) >= 11 is 0. The maximum atomic E-state index is 5.50. The van der Waals surface area contributed by atoms with E-state index in [9.17, 15) is 0 Å². The SMILES string of the molecule is CCOc1ccc(Nc2cc(NC3CCCNC3)nn3ccnc23)cc1. The molecule has 0 radical (unpaired) electrons. The van der Waals surface area contributed by atoms with Crippen LogP contribution in [0.3, 0.4) is 0 Å². The van der Waals surface area contributed by atoms with Crippen molar-refractivity contribution in [2.75, 3.05) is 30.3 Å². The molecule has 1 saturated heterocycles. The first-order valence-electron chi connectivity index (χ1n) is 9.13. The van der Waals surface area contributed by atoms with Gasteiger partial charge in [-0.3, -0.25) is 0 Å². The van der Waals surface area contributed by atoms with Gasteiger partial charge in [0.05, 0.1) is 12.3 Å². The van der Waals surface area contributed by atoms with Gasteiger partial charge in [-0.25, -0.2) is 9.50 Å². The van der Waals surface area contributed by atoms with Gasteiger partial charge in [-0.1, -0.05) is 0 Å². The molecule has 7 nitrogen and oxygen atoms in total. The molecule has 0 aliphatic carbocycles. The second-order valence-corrected chi connectivity index (χ2v) is 6.41. The third-order valence-corrected chi connectivity index (χ3v) is 4.45. The van der Waals surface area contributed by atoms with Crippen molar-refractivity contribution in [3.05, 3.63) is 42.7 Å². The van der Waals surface area contributed by atoms with Crippen LogP contribution in [0.1, 0.15) is 19.8 Å². The third kappa shape index (κ3) is 3.72. The van der Waals surface area contributed by atoms with Crippen LogP contribution in [0.4, 0.5) is 17.2 Å². The van der Waals surface area contributed by atoms with Gasteiger partial charge in [0.15, 0.2) is 5.65 Å². The van der Waals surface area contributed by atoms with Crippen LogP contribution in [0.15, 0.2) is 42.7 Å². The maximum Gasteiger partial charge on any atom is 0.177 e. The molecule has 1 aromatic carbocycles. The van der Waals surface area contributed by atoms with Crippen LogP contribution in [0.2, 0.25) is 0 Å². The topological polar surface area (TPSA) is 75.5 Å². The summed E-state index contributed by atoms with van der Waals surface area (Å²) in [7, 11) is 0. The molecule has 0 bridgehead atoms. The zero-order valence-corrected chi connectivity index (χ0v) is 14.9. The van der Waals surface area contributed by atoms with Crippen molar-refractivity contribution in [3.8, 4) is 5.75 Å². The Morgan fingerprint density at radius 3 is 2.96 bits per heavy atom. The molecule has 3 N–H and O–H groups in total. The Morgan fingerprint density at radius 1 is 1.31 bits per heavy atom. The van der Waals surface area contributed by atoms with Gasteiger partial charge in [0.2, 0.25) is 0 Å². The Bertz CT molecular complexity index is 854. The lowest BCUT2D eigenvalue weighted by Gasteiger charge is -2.24. The van der Waals surface area contributed by atoms with E-state index in [1.165, 1.54) is 6.42 Å². The standard InChI is InChI=1S/C19H24N6O/c1-2-26-16-7-5-14(6-8-16)22-17-12-18(23-15-4-3-9-20-13-15)24-25-11-10-21-19(17)25/h5-8,10-12,15,20,22H,2-4,9,13H2,1H3,(H,23,24). The van der Waals surface area contributed by atoms with Crippen LogP contribution in [0.5, 0.6) is 5.75 Å². The Morgan fingerprint density at radius 2 is 2.19 bits per heavy atom. The van der Waals surface area contributed by atoms with Crippen LogP contribution >= 0.6 is 0 Å². The van der Waals surface area contributed by atoms with Gasteiger partial charge < -0.3 is 20.7 Å². The molecule has 1 fully saturated rings. The van der Waals surface area contributed by atoms with Crippen molar-refractivity contribution in [3.63, 3.8) is 0 Å². The Labute approximate surface area is 152 Å². The van der Waals surface area contributed by atoms with E-state index in [-0.39, 0.29) is 0 Å². The number of benzene rings is 1. The minimum Gasteiger partial charge on any atom is -0.494 e. The molecule has 0 amide bonds. The van der Waals surface area contributed by atoms with Crippen LogP contribution in [0.25, 0.3) is 5.65 Å². The quantitative estimate of drug-likeness (QED) is 0.633. The zero-order chi connectivity index (χ0) is 17.8. The van der Waals surface area contributed by atoms with Gasteiger partial charge in [0.25, 0.3) is 0 Å². The monoisotopic (exact) mass is 352 g/mol. The summed E-state index contributed by atoms with van der Waals surface area (Å²) in [6, 6.07) is 10.3. The highest BCUT2D eigenvalue weighted by Gasteiger charge is 2.15. The van der Waals surface area contributed by atoms with Crippen molar-refractivity contribution in [2.45, 2.75) is 25.8 Å². The second kappa shape index (κ2) is 7.61. The molecule has 0 spiro atoms. The molecule has 7 heteroatoms. The fourth-order valence-corrected chi connectivity index (χ4v) is 3.22. The van der Waals surface area contributed by atoms with Crippen molar-refractivity contribution >= 4 is 22.8 Å². The number of rotatable bonds is 6. The van der Waals surface area contributed by atoms with Crippen LogP contribution in [-0.4, -0.2) is 40.3 Å². The Kier molecular flexibility index (Phi) is 4.88. The summed E-state index contributed by atoms with van der Waals surface area (Å²) in [5.41, 5.74) is 2.70. The molecule has 2 aromatic heterocycles. The van der Waals surface area contributed by atoms with Crippen molar-refractivity contribution in [1.82, 2.24) is 19.9 Å². The number of hydrogen-bond donors (Lipinski definition) is 3. The fourth-order valence-electron chi connectivity index (χ4n) is 3.22. The summed E-state index contributed by atoms with van der Waals surface area (Å²) in [4.78, 5) is 4.42. The molecule has 1 aliphatic heterocycles. The molecule has 1 aliphatic rings. The molecular weight excluding hydrogens is 328 g/mol. The average Bonchev–Trinajstić information content (AvgIpc) is 3.13. The lowest BCUT2D eigenvalue weighted by Crippen LogP contribution is -2.38. The number of fused-ring (bicyclic) bond motifs is 1. The van der Waals surface area contributed by atoms with Crippen molar-refractivity contribution in [2.24, 2.45) is 0 Å². The van der Waals surface area contributed by atoms with E-state index in [1.54, 1.807) is 10.7 Å². The molecule has 26 heavy (non-hydrogen) atoms. The smallest absolute Gasteiger partial charge is 0.177 e. The summed E-state index contributed by atoms with van der Waals surface area (Å²) in [6.07, 6.45) is 5.96. The average molecular weight is 352 g/mol. The molecule has 4 rings (SSSR count). The molecular formula is C19H24N6O. The summed E-state index contributed by atoms with van der Waals surface area (Å²) in [5.74, 6) is 1.71. The van der Waals surface area contributed by atoms with Gasteiger partial charge >= 0.3 is 0 Å². The van der Waals surface area contributed by atoms with E-state index < -0.39 is 0 Å². The van der Waals surface area contributed by atoms with Gasteiger partial charge in [-0.2, -0.15) is 0 Å². The number of piperidine rings is 1. The van der Waals surface area contributed by atoms with Gasteiger partial charge in [0.1, 0.15) is 11.6 Å².